The summed E-state index contributed by atoms with van der Waals surface area (Å²) in [6.07, 6.45) is 2.15. The maximum absolute atomic E-state index is 12.1. The van der Waals surface area contributed by atoms with Crippen molar-refractivity contribution in [1.82, 2.24) is 9.88 Å². The number of fused-ring (bicyclic) bond motifs is 1. The number of para-hydroxylation sites is 1. The smallest absolute Gasteiger partial charge is 0.357 e. The van der Waals surface area contributed by atoms with Crippen molar-refractivity contribution in [1.29, 1.82) is 0 Å². The summed E-state index contributed by atoms with van der Waals surface area (Å²) >= 11 is 0. The van der Waals surface area contributed by atoms with E-state index in [4.69, 9.17) is 4.74 Å². The minimum Gasteiger partial charge on any atom is -0.451 e. The summed E-state index contributed by atoms with van der Waals surface area (Å²) < 4.78 is 5.13. The molecule has 1 amide bonds. The predicted octanol–water partition coefficient (Wildman–Crippen LogP) is 2.65. The van der Waals surface area contributed by atoms with Gasteiger partial charge in [0.2, 0.25) is 0 Å². The highest BCUT2D eigenvalue weighted by Gasteiger charge is 2.22. The van der Waals surface area contributed by atoms with E-state index in [1.165, 1.54) is 0 Å². The molecular weight excluding hydrogens is 292 g/mol. The Balaban J connectivity index is 1.60. The molecule has 0 bridgehead atoms. The van der Waals surface area contributed by atoms with E-state index in [1.54, 1.807) is 11.0 Å². The normalized spacial score (nSPS) is 18.0. The number of hydrogen-bond acceptors (Lipinski definition) is 4. The van der Waals surface area contributed by atoms with Crippen molar-refractivity contribution in [2.45, 2.75) is 19.8 Å². The maximum Gasteiger partial charge on any atom is 0.357 e. The zero-order chi connectivity index (χ0) is 16.2. The van der Waals surface area contributed by atoms with Crippen LogP contribution in [0.5, 0.6) is 0 Å². The Morgan fingerprint density at radius 1 is 1.26 bits per heavy atom. The van der Waals surface area contributed by atoms with Crippen LogP contribution < -0.4 is 0 Å². The molecule has 5 nitrogen and oxygen atoms in total. The number of pyridine rings is 1. The van der Waals surface area contributed by atoms with Gasteiger partial charge in [-0.3, -0.25) is 4.79 Å². The highest BCUT2D eigenvalue weighted by Crippen LogP contribution is 2.16. The summed E-state index contributed by atoms with van der Waals surface area (Å²) in [5, 5.41) is 0.961. The Morgan fingerprint density at radius 2 is 2.09 bits per heavy atom. The second-order valence-corrected chi connectivity index (χ2v) is 6.05. The third-order valence-electron chi connectivity index (χ3n) is 4.14. The number of carbonyl (C=O) groups is 2. The van der Waals surface area contributed by atoms with Gasteiger partial charge in [-0.25, -0.2) is 9.78 Å². The van der Waals surface area contributed by atoms with Crippen molar-refractivity contribution < 1.29 is 14.3 Å². The van der Waals surface area contributed by atoms with Crippen LogP contribution >= 0.6 is 0 Å². The van der Waals surface area contributed by atoms with Gasteiger partial charge in [0.25, 0.3) is 5.91 Å². The monoisotopic (exact) mass is 312 g/mol. The first-order valence-electron chi connectivity index (χ1n) is 7.94. The third kappa shape index (κ3) is 3.67. The third-order valence-corrected chi connectivity index (χ3v) is 4.14. The minimum atomic E-state index is -0.561. The van der Waals surface area contributed by atoms with E-state index in [2.05, 4.69) is 11.9 Å². The summed E-state index contributed by atoms with van der Waals surface area (Å²) in [5.74, 6) is -0.189. The Morgan fingerprint density at radius 3 is 2.91 bits per heavy atom. The number of benzene rings is 1. The number of rotatable bonds is 3. The van der Waals surface area contributed by atoms with Gasteiger partial charge in [0.1, 0.15) is 5.69 Å². The SMILES string of the molecule is C[C@@H]1CCCN(C(=O)COC(=O)c2ccc3ccccc3n2)C1. The topological polar surface area (TPSA) is 59.5 Å². The lowest BCUT2D eigenvalue weighted by atomic mass is 10.0. The van der Waals surface area contributed by atoms with Gasteiger partial charge in [0.15, 0.2) is 6.61 Å². The van der Waals surface area contributed by atoms with E-state index >= 15 is 0 Å². The number of piperidine rings is 1. The Labute approximate surface area is 135 Å². The van der Waals surface area contributed by atoms with Gasteiger partial charge in [0, 0.05) is 18.5 Å². The summed E-state index contributed by atoms with van der Waals surface area (Å²) in [4.78, 5) is 30.3. The highest BCUT2D eigenvalue weighted by molar-refractivity contribution is 5.92. The molecule has 0 aliphatic carbocycles. The number of esters is 1. The minimum absolute atomic E-state index is 0.134. The average molecular weight is 312 g/mol. The molecule has 0 spiro atoms. The molecule has 3 rings (SSSR count). The molecule has 2 heterocycles. The number of carbonyl (C=O) groups excluding carboxylic acids is 2. The lowest BCUT2D eigenvalue weighted by Gasteiger charge is -2.30. The second kappa shape index (κ2) is 6.77. The molecule has 1 saturated heterocycles. The summed E-state index contributed by atoms with van der Waals surface area (Å²) in [7, 11) is 0. The molecule has 5 heteroatoms. The van der Waals surface area contributed by atoms with E-state index in [9.17, 15) is 9.59 Å². The van der Waals surface area contributed by atoms with Crippen molar-refractivity contribution in [3.63, 3.8) is 0 Å². The zero-order valence-electron chi connectivity index (χ0n) is 13.2. The van der Waals surface area contributed by atoms with Crippen LogP contribution in [0, 0.1) is 5.92 Å². The maximum atomic E-state index is 12.1. The van der Waals surface area contributed by atoms with Crippen molar-refractivity contribution in [3.05, 3.63) is 42.1 Å². The molecule has 1 aliphatic heterocycles. The molecule has 120 valence electrons. The van der Waals surface area contributed by atoms with Crippen molar-refractivity contribution in [2.24, 2.45) is 5.92 Å². The summed E-state index contributed by atoms with van der Waals surface area (Å²) in [6, 6.07) is 11.0. The molecule has 0 saturated carbocycles. The highest BCUT2D eigenvalue weighted by atomic mass is 16.5. The molecule has 1 aromatic heterocycles. The van der Waals surface area contributed by atoms with Crippen molar-refractivity contribution in [3.8, 4) is 0 Å². The average Bonchev–Trinajstić information content (AvgIpc) is 2.59. The fourth-order valence-electron chi connectivity index (χ4n) is 2.89. The molecule has 1 fully saturated rings. The molecule has 1 atom stereocenters. The number of likely N-dealkylation sites (tertiary alicyclic amines) is 1. The van der Waals surface area contributed by atoms with Gasteiger partial charge < -0.3 is 9.64 Å². The van der Waals surface area contributed by atoms with Gasteiger partial charge in [-0.05, 0) is 30.9 Å². The van der Waals surface area contributed by atoms with Gasteiger partial charge in [-0.2, -0.15) is 0 Å². The van der Waals surface area contributed by atoms with Gasteiger partial charge in [-0.1, -0.05) is 31.2 Å². The number of ether oxygens (including phenoxy) is 1. The fourth-order valence-corrected chi connectivity index (χ4v) is 2.89. The molecule has 0 N–H and O–H groups in total. The molecule has 2 aromatic rings. The lowest BCUT2D eigenvalue weighted by Crippen LogP contribution is -2.41. The molecule has 0 radical (unpaired) electrons. The van der Waals surface area contributed by atoms with Crippen LogP contribution in [0.15, 0.2) is 36.4 Å². The first kappa shape index (κ1) is 15.5. The fraction of sp³-hybridized carbons (Fsp3) is 0.389. The van der Waals surface area contributed by atoms with E-state index in [0.717, 1.165) is 36.8 Å². The van der Waals surface area contributed by atoms with Crippen molar-refractivity contribution >= 4 is 22.8 Å². The Bertz CT molecular complexity index is 729. The number of hydrogen-bond donors (Lipinski definition) is 0. The van der Waals surface area contributed by atoms with Crippen LogP contribution in [0.4, 0.5) is 0 Å². The quantitative estimate of drug-likeness (QED) is 0.818. The van der Waals surface area contributed by atoms with Crippen molar-refractivity contribution in [2.75, 3.05) is 19.7 Å². The first-order valence-corrected chi connectivity index (χ1v) is 7.94. The zero-order valence-corrected chi connectivity index (χ0v) is 13.2. The first-order chi connectivity index (χ1) is 11.1. The van der Waals surface area contributed by atoms with Gasteiger partial charge >= 0.3 is 5.97 Å². The number of aromatic nitrogens is 1. The van der Waals surface area contributed by atoms with Crippen LogP contribution in [0.1, 0.15) is 30.3 Å². The molecule has 1 aromatic carbocycles. The Hall–Kier alpha value is -2.43. The second-order valence-electron chi connectivity index (χ2n) is 6.05. The van der Waals surface area contributed by atoms with Gasteiger partial charge in [0.05, 0.1) is 5.52 Å². The number of nitrogens with zero attached hydrogens (tertiary/aromatic N) is 2. The standard InChI is InChI=1S/C18H20N2O3/c1-13-5-4-10-20(11-13)17(21)12-23-18(22)16-9-8-14-6-2-3-7-15(14)19-16/h2-3,6-9,13H,4-5,10-12H2,1H3/t13-/m1/s1. The van der Waals surface area contributed by atoms with E-state index in [1.807, 2.05) is 30.3 Å². The molecular formula is C18H20N2O3. The number of amides is 1. The predicted molar refractivity (Wildman–Crippen MR) is 87.0 cm³/mol. The van der Waals surface area contributed by atoms with Crippen LogP contribution in [-0.4, -0.2) is 41.5 Å². The van der Waals surface area contributed by atoms with Crippen LogP contribution in [0.2, 0.25) is 0 Å². The largest absolute Gasteiger partial charge is 0.451 e. The van der Waals surface area contributed by atoms with Crippen LogP contribution in [-0.2, 0) is 9.53 Å². The molecule has 23 heavy (non-hydrogen) atoms. The van der Waals surface area contributed by atoms with E-state index in [0.29, 0.717) is 5.92 Å². The van der Waals surface area contributed by atoms with Crippen LogP contribution in [0.25, 0.3) is 10.9 Å². The summed E-state index contributed by atoms with van der Waals surface area (Å²) in [6.45, 7) is 3.39. The van der Waals surface area contributed by atoms with E-state index in [-0.39, 0.29) is 18.2 Å². The van der Waals surface area contributed by atoms with Crippen LogP contribution in [0.3, 0.4) is 0 Å². The summed E-state index contributed by atoms with van der Waals surface area (Å²) in [5.41, 5.74) is 0.960. The lowest BCUT2D eigenvalue weighted by molar-refractivity contribution is -0.136. The molecule has 0 unspecified atom stereocenters. The van der Waals surface area contributed by atoms with Gasteiger partial charge in [-0.15, -0.1) is 0 Å². The Kier molecular flexibility index (Phi) is 4.55. The molecule has 1 aliphatic rings. The van der Waals surface area contributed by atoms with E-state index < -0.39 is 5.97 Å².